The summed E-state index contributed by atoms with van der Waals surface area (Å²) in [4.78, 5) is 11.6. The lowest BCUT2D eigenvalue weighted by molar-refractivity contribution is -0.142. The highest BCUT2D eigenvalue weighted by atomic mass is 19.4. The Morgan fingerprint density at radius 2 is 1.95 bits per heavy atom. The summed E-state index contributed by atoms with van der Waals surface area (Å²) in [6.45, 7) is 1.08. The average molecular weight is 316 g/mol. The fraction of sp³-hybridized carbons (Fsp3) is 0.286. The Labute approximate surface area is 122 Å². The zero-order valence-electron chi connectivity index (χ0n) is 11.4. The van der Waals surface area contributed by atoms with Gasteiger partial charge in [0.25, 0.3) is 5.56 Å². The van der Waals surface area contributed by atoms with E-state index in [0.717, 1.165) is 12.1 Å². The van der Waals surface area contributed by atoms with Crippen molar-refractivity contribution in [1.29, 1.82) is 0 Å². The van der Waals surface area contributed by atoms with E-state index in [9.17, 15) is 27.5 Å². The molecule has 2 rings (SSSR count). The van der Waals surface area contributed by atoms with E-state index in [1.807, 2.05) is 0 Å². The van der Waals surface area contributed by atoms with Crippen molar-refractivity contribution in [2.75, 3.05) is 0 Å². The van der Waals surface area contributed by atoms with Gasteiger partial charge in [0.05, 0.1) is 12.6 Å². The van der Waals surface area contributed by atoms with Crippen LogP contribution >= 0.6 is 0 Å². The molecule has 1 N–H and O–H groups in total. The second kappa shape index (κ2) is 5.88. The van der Waals surface area contributed by atoms with Crippen molar-refractivity contribution < 1.29 is 22.7 Å². The van der Waals surface area contributed by atoms with Crippen LogP contribution in [0.15, 0.2) is 35.1 Å². The number of benzene rings is 1. The SMILES string of the molecule is Cc1cc(F)ccc1C(O)Cn1nc(C(F)(F)F)ccc1=O. The van der Waals surface area contributed by atoms with Crippen LogP contribution in [-0.4, -0.2) is 14.9 Å². The largest absolute Gasteiger partial charge is 0.435 e. The Kier molecular flexibility index (Phi) is 4.32. The summed E-state index contributed by atoms with van der Waals surface area (Å²) in [5.74, 6) is -0.497. The van der Waals surface area contributed by atoms with Crippen LogP contribution in [-0.2, 0) is 12.7 Å². The van der Waals surface area contributed by atoms with E-state index in [0.29, 0.717) is 21.9 Å². The van der Waals surface area contributed by atoms with E-state index in [1.54, 1.807) is 6.92 Å². The van der Waals surface area contributed by atoms with Gasteiger partial charge in [0.15, 0.2) is 5.69 Å². The standard InChI is InChI=1S/C14H12F4N2O2/c1-8-6-9(15)2-3-10(8)11(21)7-20-13(22)5-4-12(19-20)14(16,17)18/h2-6,11,21H,7H2,1H3. The molecular weight excluding hydrogens is 304 g/mol. The molecular formula is C14H12F4N2O2. The van der Waals surface area contributed by atoms with E-state index in [1.165, 1.54) is 12.1 Å². The number of halogens is 4. The van der Waals surface area contributed by atoms with Crippen molar-refractivity contribution >= 4 is 0 Å². The molecule has 0 aliphatic heterocycles. The van der Waals surface area contributed by atoms with Crippen molar-refractivity contribution in [3.05, 3.63) is 63.3 Å². The van der Waals surface area contributed by atoms with Crippen LogP contribution in [0.3, 0.4) is 0 Å². The first-order valence-electron chi connectivity index (χ1n) is 6.28. The third kappa shape index (κ3) is 3.51. The van der Waals surface area contributed by atoms with Crippen LogP contribution in [0.1, 0.15) is 22.9 Å². The first kappa shape index (κ1) is 16.2. The molecule has 2 aromatic rings. The highest BCUT2D eigenvalue weighted by Crippen LogP contribution is 2.26. The van der Waals surface area contributed by atoms with Gasteiger partial charge in [-0.05, 0) is 36.2 Å². The Bertz CT molecular complexity index is 740. The average Bonchev–Trinajstić information content (AvgIpc) is 2.39. The quantitative estimate of drug-likeness (QED) is 0.885. The molecule has 0 aliphatic carbocycles. The van der Waals surface area contributed by atoms with Crippen LogP contribution in [0.5, 0.6) is 0 Å². The van der Waals surface area contributed by atoms with Crippen LogP contribution in [0.4, 0.5) is 17.6 Å². The molecule has 0 fully saturated rings. The van der Waals surface area contributed by atoms with Gasteiger partial charge in [-0.15, -0.1) is 0 Å². The van der Waals surface area contributed by atoms with Gasteiger partial charge >= 0.3 is 6.18 Å². The molecule has 8 heteroatoms. The zero-order chi connectivity index (χ0) is 16.5. The van der Waals surface area contributed by atoms with Gasteiger partial charge in [-0.3, -0.25) is 4.79 Å². The number of aliphatic hydroxyl groups excluding tert-OH is 1. The number of rotatable bonds is 3. The van der Waals surface area contributed by atoms with E-state index in [-0.39, 0.29) is 0 Å². The molecule has 0 aliphatic rings. The van der Waals surface area contributed by atoms with E-state index < -0.39 is 35.9 Å². The zero-order valence-corrected chi connectivity index (χ0v) is 11.4. The van der Waals surface area contributed by atoms with E-state index in [2.05, 4.69) is 5.10 Å². The van der Waals surface area contributed by atoms with Gasteiger partial charge in [0.1, 0.15) is 5.82 Å². The number of alkyl halides is 3. The minimum Gasteiger partial charge on any atom is -0.386 e. The van der Waals surface area contributed by atoms with Gasteiger partial charge in [-0.25, -0.2) is 9.07 Å². The summed E-state index contributed by atoms with van der Waals surface area (Å²) in [6, 6.07) is 4.93. The summed E-state index contributed by atoms with van der Waals surface area (Å²) in [5, 5.41) is 13.3. The van der Waals surface area contributed by atoms with Crippen molar-refractivity contribution in [3.63, 3.8) is 0 Å². The van der Waals surface area contributed by atoms with Gasteiger partial charge < -0.3 is 5.11 Å². The second-order valence-electron chi connectivity index (χ2n) is 4.75. The van der Waals surface area contributed by atoms with Crippen molar-refractivity contribution in [1.82, 2.24) is 9.78 Å². The molecule has 0 amide bonds. The highest BCUT2D eigenvalue weighted by Gasteiger charge is 2.33. The maximum atomic E-state index is 13.0. The van der Waals surface area contributed by atoms with Gasteiger partial charge in [-0.1, -0.05) is 6.07 Å². The fourth-order valence-corrected chi connectivity index (χ4v) is 2.01. The molecule has 0 spiro atoms. The Hall–Kier alpha value is -2.22. The molecule has 0 bridgehead atoms. The number of hydrogen-bond acceptors (Lipinski definition) is 3. The molecule has 1 unspecified atom stereocenters. The minimum atomic E-state index is -4.69. The molecule has 1 aromatic heterocycles. The lowest BCUT2D eigenvalue weighted by atomic mass is 10.0. The third-order valence-corrected chi connectivity index (χ3v) is 3.09. The lowest BCUT2D eigenvalue weighted by Crippen LogP contribution is -2.28. The molecule has 118 valence electrons. The van der Waals surface area contributed by atoms with Crippen molar-refractivity contribution in [2.45, 2.75) is 25.7 Å². The summed E-state index contributed by atoms with van der Waals surface area (Å²) < 4.78 is 51.3. The van der Waals surface area contributed by atoms with Gasteiger partial charge in [-0.2, -0.15) is 18.3 Å². The topological polar surface area (TPSA) is 55.1 Å². The number of aliphatic hydroxyl groups is 1. The summed E-state index contributed by atoms with van der Waals surface area (Å²) >= 11 is 0. The number of aryl methyl sites for hydroxylation is 1. The Morgan fingerprint density at radius 1 is 1.27 bits per heavy atom. The number of nitrogens with zero attached hydrogens (tertiary/aromatic N) is 2. The van der Waals surface area contributed by atoms with Crippen LogP contribution < -0.4 is 5.56 Å². The van der Waals surface area contributed by atoms with Gasteiger partial charge in [0.2, 0.25) is 0 Å². The molecule has 0 radical (unpaired) electrons. The van der Waals surface area contributed by atoms with E-state index >= 15 is 0 Å². The molecule has 0 saturated carbocycles. The Morgan fingerprint density at radius 3 is 2.55 bits per heavy atom. The van der Waals surface area contributed by atoms with Crippen molar-refractivity contribution in [3.8, 4) is 0 Å². The van der Waals surface area contributed by atoms with Gasteiger partial charge in [0, 0.05) is 6.07 Å². The molecule has 0 saturated heterocycles. The Balaban J connectivity index is 2.32. The molecule has 1 atom stereocenters. The second-order valence-corrected chi connectivity index (χ2v) is 4.75. The highest BCUT2D eigenvalue weighted by molar-refractivity contribution is 5.28. The first-order chi connectivity index (χ1) is 10.2. The maximum absolute atomic E-state index is 13.0. The third-order valence-electron chi connectivity index (χ3n) is 3.09. The monoisotopic (exact) mass is 316 g/mol. The lowest BCUT2D eigenvalue weighted by Gasteiger charge is -2.15. The number of hydrogen-bond donors (Lipinski definition) is 1. The first-order valence-corrected chi connectivity index (χ1v) is 6.28. The molecule has 1 aromatic carbocycles. The maximum Gasteiger partial charge on any atom is 0.435 e. The summed E-state index contributed by atoms with van der Waals surface area (Å²) in [7, 11) is 0. The molecule has 22 heavy (non-hydrogen) atoms. The smallest absolute Gasteiger partial charge is 0.386 e. The predicted octanol–water partition coefficient (Wildman–Crippen LogP) is 2.44. The molecule has 1 heterocycles. The number of aromatic nitrogens is 2. The van der Waals surface area contributed by atoms with E-state index in [4.69, 9.17) is 0 Å². The van der Waals surface area contributed by atoms with Crippen LogP contribution in [0.2, 0.25) is 0 Å². The van der Waals surface area contributed by atoms with Crippen LogP contribution in [0, 0.1) is 12.7 Å². The fourth-order valence-electron chi connectivity index (χ4n) is 2.01. The predicted molar refractivity (Wildman–Crippen MR) is 69.6 cm³/mol. The van der Waals surface area contributed by atoms with Crippen molar-refractivity contribution in [2.24, 2.45) is 0 Å². The summed E-state index contributed by atoms with van der Waals surface area (Å²) in [6.07, 6.45) is -5.97. The normalized spacial score (nSPS) is 13.2. The summed E-state index contributed by atoms with van der Waals surface area (Å²) in [5.41, 5.74) is -1.26. The van der Waals surface area contributed by atoms with Crippen LogP contribution in [0.25, 0.3) is 0 Å². The minimum absolute atomic E-state index is 0.313. The molecule has 4 nitrogen and oxygen atoms in total.